The molecular weight excluding hydrogens is 328 g/mol. The number of benzene rings is 1. The van der Waals surface area contributed by atoms with Gasteiger partial charge in [0, 0.05) is 10.4 Å². The molecule has 24 heavy (non-hydrogen) atoms. The molecule has 0 saturated heterocycles. The van der Waals surface area contributed by atoms with Crippen LogP contribution in [0.25, 0.3) is 6.08 Å². The van der Waals surface area contributed by atoms with Gasteiger partial charge in [-0.3, -0.25) is 14.4 Å². The molecule has 0 unspecified atom stereocenters. The smallest absolute Gasteiger partial charge is 0.325 e. The highest BCUT2D eigenvalue weighted by atomic mass is 32.1. The first kappa shape index (κ1) is 17.4. The number of hydrogen-bond donors (Lipinski definition) is 3. The number of thiophene rings is 1. The first-order valence-electron chi connectivity index (χ1n) is 7.12. The molecule has 0 saturated carbocycles. The van der Waals surface area contributed by atoms with Crippen LogP contribution in [0.15, 0.2) is 53.5 Å². The first-order chi connectivity index (χ1) is 11.5. The molecule has 2 rings (SSSR count). The molecule has 124 valence electrons. The van der Waals surface area contributed by atoms with Crippen LogP contribution in [0, 0.1) is 0 Å². The number of carbonyl (C=O) groups is 3. The third-order valence-corrected chi connectivity index (χ3v) is 3.90. The SMILES string of the molecule is C[C@H](NC(=O)/C(=C/c1cccs1)NC(=O)c1ccccc1)C(=O)O. The predicted molar refractivity (Wildman–Crippen MR) is 91.4 cm³/mol. The van der Waals surface area contributed by atoms with Gasteiger partial charge in [-0.1, -0.05) is 24.3 Å². The standard InChI is InChI=1S/C17H16N2O4S/c1-11(17(22)23)18-16(21)14(10-13-8-5-9-24-13)19-15(20)12-6-3-2-4-7-12/h2-11H,1H3,(H,18,21)(H,19,20)(H,22,23)/b14-10-/t11-/m0/s1. The van der Waals surface area contributed by atoms with Crippen molar-refractivity contribution in [3.05, 3.63) is 64.0 Å². The van der Waals surface area contributed by atoms with E-state index in [9.17, 15) is 14.4 Å². The topological polar surface area (TPSA) is 95.5 Å². The van der Waals surface area contributed by atoms with Gasteiger partial charge in [-0.25, -0.2) is 0 Å². The predicted octanol–water partition coefficient (Wildman–Crippen LogP) is 2.11. The van der Waals surface area contributed by atoms with Crippen LogP contribution in [0.3, 0.4) is 0 Å². The summed E-state index contributed by atoms with van der Waals surface area (Å²) in [5, 5.41) is 15.6. The number of nitrogens with one attached hydrogen (secondary N) is 2. The van der Waals surface area contributed by atoms with E-state index >= 15 is 0 Å². The first-order valence-corrected chi connectivity index (χ1v) is 8.00. The molecule has 2 aromatic rings. The van der Waals surface area contributed by atoms with Crippen LogP contribution in [0.2, 0.25) is 0 Å². The van der Waals surface area contributed by atoms with Crippen molar-refractivity contribution in [3.63, 3.8) is 0 Å². The second kappa shape index (κ2) is 8.07. The number of carbonyl (C=O) groups excluding carboxylic acids is 2. The van der Waals surface area contributed by atoms with Crippen molar-refractivity contribution in [1.82, 2.24) is 10.6 Å². The van der Waals surface area contributed by atoms with Crippen molar-refractivity contribution in [2.75, 3.05) is 0 Å². The Morgan fingerprint density at radius 2 is 1.83 bits per heavy atom. The molecule has 6 nitrogen and oxygen atoms in total. The van der Waals surface area contributed by atoms with Gasteiger partial charge in [-0.05, 0) is 36.6 Å². The highest BCUT2D eigenvalue weighted by molar-refractivity contribution is 7.10. The summed E-state index contributed by atoms with van der Waals surface area (Å²) in [7, 11) is 0. The summed E-state index contributed by atoms with van der Waals surface area (Å²) in [6.07, 6.45) is 1.51. The van der Waals surface area contributed by atoms with Crippen molar-refractivity contribution in [3.8, 4) is 0 Å². The van der Waals surface area contributed by atoms with Crippen LogP contribution >= 0.6 is 11.3 Å². The van der Waals surface area contributed by atoms with Gasteiger partial charge in [0.25, 0.3) is 11.8 Å². The Labute approximate surface area is 142 Å². The number of aliphatic carboxylic acids is 1. The maximum atomic E-state index is 12.3. The molecule has 0 aliphatic carbocycles. The monoisotopic (exact) mass is 344 g/mol. The zero-order valence-corrected chi connectivity index (χ0v) is 13.7. The maximum absolute atomic E-state index is 12.3. The Bertz CT molecular complexity index is 754. The zero-order valence-electron chi connectivity index (χ0n) is 12.9. The lowest BCUT2D eigenvalue weighted by molar-refractivity contribution is -0.140. The van der Waals surface area contributed by atoms with Crippen molar-refractivity contribution in [2.45, 2.75) is 13.0 Å². The fourth-order valence-electron chi connectivity index (χ4n) is 1.79. The van der Waals surface area contributed by atoms with Gasteiger partial charge in [0.15, 0.2) is 0 Å². The van der Waals surface area contributed by atoms with Gasteiger partial charge in [-0.15, -0.1) is 11.3 Å². The van der Waals surface area contributed by atoms with E-state index in [2.05, 4.69) is 10.6 Å². The quantitative estimate of drug-likeness (QED) is 0.699. The number of hydrogen-bond acceptors (Lipinski definition) is 4. The van der Waals surface area contributed by atoms with E-state index < -0.39 is 23.8 Å². The fourth-order valence-corrected chi connectivity index (χ4v) is 2.45. The minimum atomic E-state index is -1.16. The van der Waals surface area contributed by atoms with Crippen LogP contribution in [-0.2, 0) is 9.59 Å². The lowest BCUT2D eigenvalue weighted by Gasteiger charge is -2.13. The lowest BCUT2D eigenvalue weighted by Crippen LogP contribution is -2.42. The van der Waals surface area contributed by atoms with E-state index in [-0.39, 0.29) is 5.70 Å². The average Bonchev–Trinajstić information content (AvgIpc) is 3.07. The Balaban J connectivity index is 2.22. The van der Waals surface area contributed by atoms with Gasteiger partial charge in [0.05, 0.1) is 0 Å². The maximum Gasteiger partial charge on any atom is 0.325 e. The average molecular weight is 344 g/mol. The molecule has 0 aliphatic rings. The van der Waals surface area contributed by atoms with E-state index in [1.807, 2.05) is 11.4 Å². The van der Waals surface area contributed by atoms with Gasteiger partial charge >= 0.3 is 5.97 Å². The van der Waals surface area contributed by atoms with Gasteiger partial charge in [0.2, 0.25) is 0 Å². The molecule has 7 heteroatoms. The molecular formula is C17H16N2O4S. The van der Waals surface area contributed by atoms with Crippen molar-refractivity contribution >= 4 is 35.2 Å². The molecule has 3 N–H and O–H groups in total. The molecule has 0 bridgehead atoms. The highest BCUT2D eigenvalue weighted by Gasteiger charge is 2.19. The summed E-state index contributed by atoms with van der Waals surface area (Å²) in [6, 6.07) is 11.0. The summed E-state index contributed by atoms with van der Waals surface area (Å²) in [4.78, 5) is 36.2. The molecule has 0 radical (unpaired) electrons. The molecule has 0 spiro atoms. The molecule has 2 amide bonds. The molecule has 0 fully saturated rings. The highest BCUT2D eigenvalue weighted by Crippen LogP contribution is 2.13. The molecule has 0 aliphatic heterocycles. The number of rotatable bonds is 6. The molecule has 1 atom stereocenters. The number of amides is 2. The van der Waals surface area contributed by atoms with E-state index in [4.69, 9.17) is 5.11 Å². The second-order valence-electron chi connectivity index (χ2n) is 4.93. The Kier molecular flexibility index (Phi) is 5.86. The molecule has 1 aromatic carbocycles. The van der Waals surface area contributed by atoms with Crippen LogP contribution in [0.1, 0.15) is 22.2 Å². The van der Waals surface area contributed by atoms with Crippen LogP contribution in [-0.4, -0.2) is 28.9 Å². The van der Waals surface area contributed by atoms with E-state index in [0.29, 0.717) is 5.56 Å². The summed E-state index contributed by atoms with van der Waals surface area (Å²) < 4.78 is 0. The minimum Gasteiger partial charge on any atom is -0.480 e. The second-order valence-corrected chi connectivity index (χ2v) is 5.91. The van der Waals surface area contributed by atoms with E-state index in [0.717, 1.165) is 4.88 Å². The Hall–Kier alpha value is -2.93. The van der Waals surface area contributed by atoms with Crippen molar-refractivity contribution < 1.29 is 19.5 Å². The number of carboxylic acids is 1. The number of carboxylic acid groups (broad SMARTS) is 1. The van der Waals surface area contributed by atoms with E-state index in [1.54, 1.807) is 36.4 Å². The Morgan fingerprint density at radius 3 is 2.42 bits per heavy atom. The molecule has 1 heterocycles. The van der Waals surface area contributed by atoms with Crippen molar-refractivity contribution in [2.24, 2.45) is 0 Å². The van der Waals surface area contributed by atoms with Crippen LogP contribution < -0.4 is 10.6 Å². The normalized spacial score (nSPS) is 12.3. The Morgan fingerprint density at radius 1 is 1.12 bits per heavy atom. The van der Waals surface area contributed by atoms with Crippen LogP contribution in [0.4, 0.5) is 0 Å². The third-order valence-electron chi connectivity index (χ3n) is 3.08. The fraction of sp³-hybridized carbons (Fsp3) is 0.118. The third kappa shape index (κ3) is 4.79. The zero-order chi connectivity index (χ0) is 17.5. The summed E-state index contributed by atoms with van der Waals surface area (Å²) in [5.41, 5.74) is 0.382. The summed E-state index contributed by atoms with van der Waals surface area (Å²) in [6.45, 7) is 1.35. The minimum absolute atomic E-state index is 0.0144. The largest absolute Gasteiger partial charge is 0.480 e. The van der Waals surface area contributed by atoms with Gasteiger partial charge in [0.1, 0.15) is 11.7 Å². The van der Waals surface area contributed by atoms with Gasteiger partial charge < -0.3 is 15.7 Å². The van der Waals surface area contributed by atoms with E-state index in [1.165, 1.54) is 24.3 Å². The lowest BCUT2D eigenvalue weighted by atomic mass is 10.2. The van der Waals surface area contributed by atoms with Crippen molar-refractivity contribution in [1.29, 1.82) is 0 Å². The summed E-state index contributed by atoms with van der Waals surface area (Å²) >= 11 is 1.39. The van der Waals surface area contributed by atoms with Crippen LogP contribution in [0.5, 0.6) is 0 Å². The van der Waals surface area contributed by atoms with Gasteiger partial charge in [-0.2, -0.15) is 0 Å². The molecule has 1 aromatic heterocycles. The summed E-state index contributed by atoms with van der Waals surface area (Å²) in [5.74, 6) is -2.27.